The van der Waals surface area contributed by atoms with Gasteiger partial charge in [-0.15, -0.1) is 0 Å². The Morgan fingerprint density at radius 2 is 1.82 bits per heavy atom. The third-order valence-corrected chi connectivity index (χ3v) is 7.74. The Labute approximate surface area is 106 Å². The van der Waals surface area contributed by atoms with E-state index >= 15 is 0 Å². The van der Waals surface area contributed by atoms with Crippen LogP contribution >= 0.6 is 0 Å². The van der Waals surface area contributed by atoms with Gasteiger partial charge in [0.05, 0.1) is 13.2 Å². The van der Waals surface area contributed by atoms with Crippen molar-refractivity contribution < 1.29 is 14.0 Å². The van der Waals surface area contributed by atoms with Crippen LogP contribution in [-0.2, 0) is 14.0 Å². The summed E-state index contributed by atoms with van der Waals surface area (Å²) >= 11 is 0. The van der Waals surface area contributed by atoms with Gasteiger partial charge in [0.25, 0.3) is 0 Å². The number of hydrogen-bond donors (Lipinski definition) is 0. The predicted octanol–water partition coefficient (Wildman–Crippen LogP) is 3.52. The van der Waals surface area contributed by atoms with Gasteiger partial charge < -0.3 is 9.16 Å². The molecule has 0 unspecified atom stereocenters. The Balaban J connectivity index is 4.32. The molecule has 0 aromatic heterocycles. The Kier molecular flexibility index (Phi) is 6.13. The lowest BCUT2D eigenvalue weighted by Crippen LogP contribution is -2.40. The van der Waals surface area contributed by atoms with Gasteiger partial charge >= 0.3 is 5.97 Å². The van der Waals surface area contributed by atoms with Gasteiger partial charge in [0.1, 0.15) is 0 Å². The third-order valence-electron chi connectivity index (χ3n) is 3.24. The Morgan fingerprint density at radius 3 is 2.24 bits per heavy atom. The molecule has 0 aliphatic heterocycles. The summed E-state index contributed by atoms with van der Waals surface area (Å²) in [5.41, 5.74) is 0.616. The highest BCUT2D eigenvalue weighted by Crippen LogP contribution is 2.36. The van der Waals surface area contributed by atoms with Crippen LogP contribution in [0.2, 0.25) is 18.1 Å². The fourth-order valence-corrected chi connectivity index (χ4v) is 1.85. The van der Waals surface area contributed by atoms with Crippen LogP contribution in [0.1, 0.15) is 34.6 Å². The van der Waals surface area contributed by atoms with E-state index in [1.54, 1.807) is 19.9 Å². The molecule has 0 rings (SSSR count). The predicted molar refractivity (Wildman–Crippen MR) is 73.5 cm³/mol. The topological polar surface area (TPSA) is 35.5 Å². The molecular formula is C13H26O3Si. The van der Waals surface area contributed by atoms with Crippen molar-refractivity contribution in [3.8, 4) is 0 Å². The summed E-state index contributed by atoms with van der Waals surface area (Å²) in [6.07, 6.45) is 1.80. The molecule has 0 aliphatic carbocycles. The third kappa shape index (κ3) is 5.50. The molecule has 4 heteroatoms. The maximum absolute atomic E-state index is 11.4. The fourth-order valence-electron chi connectivity index (χ4n) is 0.920. The van der Waals surface area contributed by atoms with Crippen molar-refractivity contribution in [3.05, 3.63) is 11.6 Å². The molecule has 0 spiro atoms. The summed E-state index contributed by atoms with van der Waals surface area (Å²) in [6.45, 7) is 15.4. The molecule has 0 atom stereocenters. The van der Waals surface area contributed by atoms with Crippen molar-refractivity contribution in [1.29, 1.82) is 0 Å². The maximum atomic E-state index is 11.4. The number of ether oxygens (including phenoxy) is 1. The average molecular weight is 258 g/mol. The summed E-state index contributed by atoms with van der Waals surface area (Å²) in [4.78, 5) is 11.4. The van der Waals surface area contributed by atoms with Gasteiger partial charge in [0.2, 0.25) is 0 Å². The van der Waals surface area contributed by atoms with Crippen molar-refractivity contribution in [3.63, 3.8) is 0 Å². The molecule has 0 radical (unpaired) electrons. The standard InChI is InChI=1S/C13H26O3Si/c1-8-15-12(14)11(2)9-10-16-17(6,7)13(3,4)5/h9H,8,10H2,1-7H3. The number of hydrogen-bond acceptors (Lipinski definition) is 3. The van der Waals surface area contributed by atoms with Gasteiger partial charge in [-0.05, 0) is 32.0 Å². The molecule has 0 amide bonds. The maximum Gasteiger partial charge on any atom is 0.333 e. The van der Waals surface area contributed by atoms with Crippen LogP contribution in [0.15, 0.2) is 11.6 Å². The first kappa shape index (κ1) is 16.4. The molecule has 0 N–H and O–H groups in total. The van der Waals surface area contributed by atoms with E-state index in [2.05, 4.69) is 33.9 Å². The molecule has 0 bridgehead atoms. The monoisotopic (exact) mass is 258 g/mol. The van der Waals surface area contributed by atoms with E-state index in [1.807, 2.05) is 0 Å². The van der Waals surface area contributed by atoms with Gasteiger partial charge in [0, 0.05) is 5.57 Å². The van der Waals surface area contributed by atoms with E-state index in [0.717, 1.165) is 0 Å². The van der Waals surface area contributed by atoms with Crippen LogP contribution in [-0.4, -0.2) is 27.5 Å². The van der Waals surface area contributed by atoms with E-state index in [4.69, 9.17) is 9.16 Å². The van der Waals surface area contributed by atoms with Gasteiger partial charge in [-0.25, -0.2) is 4.79 Å². The minimum Gasteiger partial charge on any atom is -0.463 e. The Hall–Kier alpha value is -0.613. The highest BCUT2D eigenvalue weighted by atomic mass is 28.4. The van der Waals surface area contributed by atoms with Crippen molar-refractivity contribution in [1.82, 2.24) is 0 Å². The summed E-state index contributed by atoms with van der Waals surface area (Å²) in [5.74, 6) is -0.258. The highest BCUT2D eigenvalue weighted by Gasteiger charge is 2.36. The lowest BCUT2D eigenvalue weighted by atomic mass is 10.2. The highest BCUT2D eigenvalue weighted by molar-refractivity contribution is 6.74. The van der Waals surface area contributed by atoms with E-state index in [0.29, 0.717) is 18.8 Å². The van der Waals surface area contributed by atoms with E-state index in [-0.39, 0.29) is 11.0 Å². The Bertz CT molecular complexity index is 288. The van der Waals surface area contributed by atoms with Crippen LogP contribution in [0.25, 0.3) is 0 Å². The summed E-state index contributed by atoms with van der Waals surface area (Å²) in [6, 6.07) is 0. The van der Waals surface area contributed by atoms with Crippen molar-refractivity contribution in [2.75, 3.05) is 13.2 Å². The summed E-state index contributed by atoms with van der Waals surface area (Å²) < 4.78 is 10.8. The molecular weight excluding hydrogens is 232 g/mol. The molecule has 0 aliphatic rings. The number of esters is 1. The molecule has 0 aromatic carbocycles. The second-order valence-corrected chi connectivity index (χ2v) is 10.5. The van der Waals surface area contributed by atoms with Crippen LogP contribution in [0.3, 0.4) is 0 Å². The quantitative estimate of drug-likeness (QED) is 0.430. The first-order valence-corrected chi connectivity index (χ1v) is 9.00. The summed E-state index contributed by atoms with van der Waals surface area (Å²) in [5, 5.41) is 0.193. The first-order valence-electron chi connectivity index (χ1n) is 6.09. The van der Waals surface area contributed by atoms with Crippen molar-refractivity contribution in [2.24, 2.45) is 0 Å². The van der Waals surface area contributed by atoms with E-state index in [9.17, 15) is 4.79 Å². The fraction of sp³-hybridized carbons (Fsp3) is 0.769. The van der Waals surface area contributed by atoms with Gasteiger partial charge in [-0.3, -0.25) is 0 Å². The lowest BCUT2D eigenvalue weighted by Gasteiger charge is -2.35. The normalized spacial score (nSPS) is 13.7. The van der Waals surface area contributed by atoms with E-state index < -0.39 is 8.32 Å². The second kappa shape index (κ2) is 6.35. The molecule has 0 saturated heterocycles. The molecule has 0 fully saturated rings. The zero-order valence-electron chi connectivity index (χ0n) is 12.2. The summed E-state index contributed by atoms with van der Waals surface area (Å²) in [7, 11) is -1.72. The zero-order valence-corrected chi connectivity index (χ0v) is 13.2. The largest absolute Gasteiger partial charge is 0.463 e. The van der Waals surface area contributed by atoms with Gasteiger partial charge in [0.15, 0.2) is 8.32 Å². The first-order chi connectivity index (χ1) is 7.62. The minimum absolute atomic E-state index is 0.193. The van der Waals surface area contributed by atoms with E-state index in [1.165, 1.54) is 0 Å². The number of carbonyl (C=O) groups excluding carboxylic acids is 1. The second-order valence-electron chi connectivity index (χ2n) is 5.68. The average Bonchev–Trinajstić information content (AvgIpc) is 2.15. The van der Waals surface area contributed by atoms with Crippen LogP contribution in [0.4, 0.5) is 0 Å². The number of rotatable bonds is 5. The number of carbonyl (C=O) groups is 1. The molecule has 0 saturated carbocycles. The molecule has 0 aromatic rings. The van der Waals surface area contributed by atoms with Crippen LogP contribution in [0, 0.1) is 0 Å². The van der Waals surface area contributed by atoms with Crippen molar-refractivity contribution in [2.45, 2.75) is 52.8 Å². The van der Waals surface area contributed by atoms with Gasteiger partial charge in [-0.2, -0.15) is 0 Å². The Morgan fingerprint density at radius 1 is 1.29 bits per heavy atom. The van der Waals surface area contributed by atoms with Gasteiger partial charge in [-0.1, -0.05) is 26.8 Å². The smallest absolute Gasteiger partial charge is 0.333 e. The zero-order chi connectivity index (χ0) is 13.7. The van der Waals surface area contributed by atoms with Crippen LogP contribution in [0.5, 0.6) is 0 Å². The SMILES string of the molecule is CCOC(=O)C(C)=CCO[Si](C)(C)C(C)(C)C. The lowest BCUT2D eigenvalue weighted by molar-refractivity contribution is -0.138. The molecule has 0 heterocycles. The van der Waals surface area contributed by atoms with Crippen molar-refractivity contribution >= 4 is 14.3 Å². The molecule has 100 valence electrons. The molecule has 17 heavy (non-hydrogen) atoms. The molecule has 3 nitrogen and oxygen atoms in total. The minimum atomic E-state index is -1.72. The van der Waals surface area contributed by atoms with Crippen LogP contribution < -0.4 is 0 Å².